The molecule has 2 heterocycles. The second kappa shape index (κ2) is 11.4. The molecular formula is C45H25N5. The summed E-state index contributed by atoms with van der Waals surface area (Å²) in [5.41, 5.74) is 11.7. The minimum atomic E-state index is 0.549. The first-order valence-corrected chi connectivity index (χ1v) is 16.3. The van der Waals surface area contributed by atoms with Gasteiger partial charge in [-0.15, -0.1) is 0 Å². The Hall–Kier alpha value is -7.39. The smallest absolute Gasteiger partial charge is 0.211 e. The highest BCUT2D eigenvalue weighted by molar-refractivity contribution is 6.11. The molecule has 0 aliphatic carbocycles. The number of aromatic nitrogens is 2. The van der Waals surface area contributed by atoms with Gasteiger partial charge in [-0.3, -0.25) is 0 Å². The molecule has 7 aromatic carbocycles. The molecule has 0 N–H and O–H groups in total. The van der Waals surface area contributed by atoms with Crippen molar-refractivity contribution in [2.24, 2.45) is 0 Å². The summed E-state index contributed by atoms with van der Waals surface area (Å²) in [6, 6.07) is 55.6. The van der Waals surface area contributed by atoms with E-state index in [1.54, 1.807) is 0 Å². The fourth-order valence-corrected chi connectivity index (χ4v) is 7.38. The van der Waals surface area contributed by atoms with Crippen LogP contribution in [0.2, 0.25) is 0 Å². The summed E-state index contributed by atoms with van der Waals surface area (Å²) in [5.74, 6) is 0. The number of hydrogen-bond acceptors (Lipinski definition) is 2. The van der Waals surface area contributed by atoms with Gasteiger partial charge >= 0.3 is 0 Å². The topological polar surface area (TPSA) is 61.8 Å². The van der Waals surface area contributed by atoms with Crippen molar-refractivity contribution in [1.82, 2.24) is 9.13 Å². The summed E-state index contributed by atoms with van der Waals surface area (Å²) in [4.78, 5) is 4.00. The van der Waals surface area contributed by atoms with Crippen LogP contribution in [0.15, 0.2) is 152 Å². The van der Waals surface area contributed by atoms with Crippen LogP contribution in [0, 0.1) is 29.2 Å². The second-order valence-corrected chi connectivity index (χ2v) is 12.3. The summed E-state index contributed by atoms with van der Waals surface area (Å²) < 4.78 is 4.43. The van der Waals surface area contributed by atoms with E-state index in [1.807, 2.05) is 72.8 Å². The molecule has 0 atom stereocenters. The predicted octanol–water partition coefficient (Wildman–Crippen LogP) is 11.5. The van der Waals surface area contributed by atoms with E-state index in [0.29, 0.717) is 16.8 Å². The van der Waals surface area contributed by atoms with Gasteiger partial charge in [-0.05, 0) is 89.0 Å². The Bertz CT molecular complexity index is 2970. The lowest BCUT2D eigenvalue weighted by Crippen LogP contribution is -1.98. The molecule has 0 saturated heterocycles. The van der Waals surface area contributed by atoms with E-state index >= 15 is 0 Å². The Morgan fingerprint density at radius 1 is 0.460 bits per heavy atom. The highest BCUT2D eigenvalue weighted by atomic mass is 15.0. The van der Waals surface area contributed by atoms with E-state index in [-0.39, 0.29) is 0 Å². The van der Waals surface area contributed by atoms with E-state index in [1.165, 1.54) is 0 Å². The van der Waals surface area contributed by atoms with Gasteiger partial charge in [0.2, 0.25) is 5.69 Å². The summed E-state index contributed by atoms with van der Waals surface area (Å²) >= 11 is 0. The van der Waals surface area contributed by atoms with Crippen LogP contribution in [0.4, 0.5) is 5.69 Å². The first-order valence-electron chi connectivity index (χ1n) is 16.3. The van der Waals surface area contributed by atoms with Crippen LogP contribution in [0.5, 0.6) is 0 Å². The van der Waals surface area contributed by atoms with Crippen molar-refractivity contribution >= 4 is 49.3 Å². The van der Waals surface area contributed by atoms with Crippen LogP contribution < -0.4 is 0 Å². The van der Waals surface area contributed by atoms with E-state index in [0.717, 1.165) is 77.2 Å². The molecule has 9 aromatic rings. The van der Waals surface area contributed by atoms with Crippen molar-refractivity contribution in [1.29, 1.82) is 10.5 Å². The molecule has 2 aromatic heterocycles. The minimum Gasteiger partial charge on any atom is -0.318 e. The molecule has 0 fully saturated rings. The van der Waals surface area contributed by atoms with Gasteiger partial charge in [0.25, 0.3) is 0 Å². The Labute approximate surface area is 288 Å². The third-order valence-corrected chi connectivity index (χ3v) is 9.57. The molecule has 0 aliphatic heterocycles. The van der Waals surface area contributed by atoms with Gasteiger partial charge in [0, 0.05) is 27.2 Å². The molecule has 5 heteroatoms. The number of rotatable bonds is 4. The lowest BCUT2D eigenvalue weighted by Gasteiger charge is -2.17. The lowest BCUT2D eigenvalue weighted by molar-refractivity contribution is 1.18. The molecule has 0 radical (unpaired) electrons. The van der Waals surface area contributed by atoms with Crippen molar-refractivity contribution < 1.29 is 0 Å². The van der Waals surface area contributed by atoms with Crippen LogP contribution in [0.1, 0.15) is 11.1 Å². The third kappa shape index (κ3) is 4.38. The van der Waals surface area contributed by atoms with Gasteiger partial charge in [-0.1, -0.05) is 84.9 Å². The van der Waals surface area contributed by atoms with Gasteiger partial charge in [0.05, 0.1) is 57.6 Å². The maximum Gasteiger partial charge on any atom is 0.211 e. The summed E-state index contributed by atoms with van der Waals surface area (Å²) in [6.45, 7) is 8.18. The largest absolute Gasteiger partial charge is 0.318 e. The molecule has 230 valence electrons. The molecule has 5 nitrogen and oxygen atoms in total. The molecule has 9 rings (SSSR count). The van der Waals surface area contributed by atoms with Crippen LogP contribution in [0.3, 0.4) is 0 Å². The number of benzene rings is 7. The molecule has 50 heavy (non-hydrogen) atoms. The average molecular weight is 636 g/mol. The SMILES string of the molecule is [C-]#[N+]c1cccc(-c2cccc(-c3cccc(-n4c5ccccc5c5cc(C#N)ccc54)c3)c2)c1-n1c2ccccc2c2cc(C#N)ccc21. The highest BCUT2D eigenvalue weighted by Gasteiger charge is 2.20. The molecular weight excluding hydrogens is 611 g/mol. The van der Waals surface area contributed by atoms with Crippen molar-refractivity contribution in [3.63, 3.8) is 0 Å². The molecule has 0 aliphatic rings. The summed E-state index contributed by atoms with van der Waals surface area (Å²) in [5, 5.41) is 23.4. The van der Waals surface area contributed by atoms with Gasteiger partial charge in [-0.25, -0.2) is 4.85 Å². The molecule has 0 amide bonds. The number of nitrogens with zero attached hydrogens (tertiary/aromatic N) is 5. The van der Waals surface area contributed by atoms with Crippen molar-refractivity contribution in [2.45, 2.75) is 0 Å². The van der Waals surface area contributed by atoms with Gasteiger partial charge in [0.1, 0.15) is 0 Å². The van der Waals surface area contributed by atoms with E-state index in [9.17, 15) is 10.5 Å². The Morgan fingerprint density at radius 3 is 1.66 bits per heavy atom. The first kappa shape index (κ1) is 28.8. The van der Waals surface area contributed by atoms with Crippen LogP contribution in [-0.2, 0) is 0 Å². The number of hydrogen-bond donors (Lipinski definition) is 0. The van der Waals surface area contributed by atoms with Gasteiger partial charge < -0.3 is 9.13 Å². The van der Waals surface area contributed by atoms with E-state index < -0.39 is 0 Å². The highest BCUT2D eigenvalue weighted by Crippen LogP contribution is 2.42. The lowest BCUT2D eigenvalue weighted by atomic mass is 9.97. The predicted molar refractivity (Wildman–Crippen MR) is 202 cm³/mol. The zero-order valence-electron chi connectivity index (χ0n) is 26.7. The van der Waals surface area contributed by atoms with Crippen molar-refractivity contribution in [2.75, 3.05) is 0 Å². The maximum atomic E-state index is 9.66. The van der Waals surface area contributed by atoms with Crippen molar-refractivity contribution in [3.8, 4) is 45.8 Å². The Kier molecular flexibility index (Phi) is 6.56. The van der Waals surface area contributed by atoms with Crippen molar-refractivity contribution in [3.05, 3.63) is 174 Å². The number of para-hydroxylation sites is 3. The fourth-order valence-electron chi connectivity index (χ4n) is 7.38. The average Bonchev–Trinajstić information content (AvgIpc) is 3.69. The number of fused-ring (bicyclic) bond motifs is 6. The first-order chi connectivity index (χ1) is 24.7. The second-order valence-electron chi connectivity index (χ2n) is 12.3. The number of nitriles is 2. The zero-order valence-corrected chi connectivity index (χ0v) is 26.7. The Balaban J connectivity index is 1.22. The maximum absolute atomic E-state index is 9.66. The van der Waals surface area contributed by atoms with E-state index in [2.05, 4.69) is 105 Å². The monoisotopic (exact) mass is 635 g/mol. The Morgan fingerprint density at radius 2 is 1.00 bits per heavy atom. The normalized spacial score (nSPS) is 11.1. The van der Waals surface area contributed by atoms with Gasteiger partial charge in [-0.2, -0.15) is 10.5 Å². The quantitative estimate of drug-likeness (QED) is 0.181. The van der Waals surface area contributed by atoms with E-state index in [4.69, 9.17) is 6.57 Å². The van der Waals surface area contributed by atoms with Gasteiger partial charge in [0.15, 0.2) is 0 Å². The molecule has 0 saturated carbocycles. The molecule has 0 bridgehead atoms. The molecule has 0 unspecified atom stereocenters. The standard InChI is InChI=1S/C45H25N5/c1-48-40-16-8-15-35(45(40)50-42-18-5-3-14-37(42)39-24-30(28-47)20-22-44(39)50)33-11-6-9-31(25-33)32-10-7-12-34(26-32)49-41-17-4-2-13-36(41)38-23-29(27-46)19-21-43(38)49/h2-26H. The van der Waals surface area contributed by atoms with Crippen LogP contribution >= 0.6 is 0 Å². The van der Waals surface area contributed by atoms with Crippen LogP contribution in [0.25, 0.3) is 82.1 Å². The summed E-state index contributed by atoms with van der Waals surface area (Å²) in [6.07, 6.45) is 0. The zero-order chi connectivity index (χ0) is 33.8. The third-order valence-electron chi connectivity index (χ3n) is 9.57. The minimum absolute atomic E-state index is 0.549. The van der Waals surface area contributed by atoms with Crippen LogP contribution in [-0.4, -0.2) is 9.13 Å². The summed E-state index contributed by atoms with van der Waals surface area (Å²) in [7, 11) is 0. The molecule has 0 spiro atoms. The fraction of sp³-hybridized carbons (Fsp3) is 0.